The van der Waals surface area contributed by atoms with E-state index in [0.29, 0.717) is 18.9 Å². The molecule has 0 bridgehead atoms. The van der Waals surface area contributed by atoms with Crippen molar-refractivity contribution in [1.82, 2.24) is 19.8 Å². The summed E-state index contributed by atoms with van der Waals surface area (Å²) in [5.41, 5.74) is -0.224. The molecule has 0 spiro atoms. The smallest absolute Gasteiger partial charge is 0.257 e. The van der Waals surface area contributed by atoms with Crippen LogP contribution >= 0.6 is 7.37 Å². The van der Waals surface area contributed by atoms with Crippen molar-refractivity contribution in [3.05, 3.63) is 0 Å². The third kappa shape index (κ3) is 7.24. The van der Waals surface area contributed by atoms with Gasteiger partial charge in [-0.2, -0.15) is 5.06 Å². The summed E-state index contributed by atoms with van der Waals surface area (Å²) in [4.78, 5) is 53.9. The first kappa shape index (κ1) is 30.5. The van der Waals surface area contributed by atoms with Gasteiger partial charge >= 0.3 is 0 Å². The molecule has 0 aromatic heterocycles. The predicted molar refractivity (Wildman–Crippen MR) is 149 cm³/mol. The lowest BCUT2D eigenvalue weighted by atomic mass is 9.84. The van der Waals surface area contributed by atoms with E-state index in [1.54, 1.807) is 11.8 Å². The minimum absolute atomic E-state index is 0.0347. The number of rotatable bonds is 9. The van der Waals surface area contributed by atoms with Gasteiger partial charge in [-0.1, -0.05) is 34.6 Å². The van der Waals surface area contributed by atoms with Gasteiger partial charge < -0.3 is 19.2 Å². The minimum Gasteiger partial charge on any atom is -0.334 e. The van der Waals surface area contributed by atoms with Crippen molar-refractivity contribution >= 4 is 25.1 Å². The molecule has 3 heterocycles. The molecule has 3 aliphatic heterocycles. The van der Waals surface area contributed by atoms with E-state index >= 15 is 0 Å². The molecule has 222 valence electrons. The van der Waals surface area contributed by atoms with Crippen LogP contribution in [0.4, 0.5) is 0 Å². The Morgan fingerprint density at radius 3 is 2.26 bits per heavy atom. The van der Waals surface area contributed by atoms with E-state index in [4.69, 9.17) is 9.36 Å². The molecule has 11 heteroatoms. The fourth-order valence-corrected chi connectivity index (χ4v) is 7.57. The molecule has 1 saturated carbocycles. The van der Waals surface area contributed by atoms with Gasteiger partial charge in [-0.05, 0) is 56.8 Å². The van der Waals surface area contributed by atoms with E-state index in [9.17, 15) is 18.9 Å². The van der Waals surface area contributed by atoms with E-state index in [1.165, 1.54) is 24.6 Å². The van der Waals surface area contributed by atoms with Crippen LogP contribution in [0.3, 0.4) is 0 Å². The lowest BCUT2D eigenvalue weighted by Gasteiger charge is -2.55. The maximum absolute atomic E-state index is 14.2. The molecule has 4 atom stereocenters. The van der Waals surface area contributed by atoms with Crippen LogP contribution in [0, 0.1) is 11.3 Å². The number of hydrogen-bond acceptors (Lipinski definition) is 7. The van der Waals surface area contributed by atoms with Crippen molar-refractivity contribution < 1.29 is 28.3 Å². The van der Waals surface area contributed by atoms with Crippen LogP contribution in [0.2, 0.25) is 0 Å². The number of nitrogens with zero attached hydrogens (tertiary/aromatic N) is 4. The highest BCUT2D eigenvalue weighted by atomic mass is 31.2. The molecule has 3 saturated heterocycles. The molecule has 0 aromatic carbocycles. The Bertz CT molecular complexity index is 972. The molecule has 0 radical (unpaired) electrons. The van der Waals surface area contributed by atoms with Crippen LogP contribution in [0.15, 0.2) is 0 Å². The first-order valence-electron chi connectivity index (χ1n) is 14.8. The van der Waals surface area contributed by atoms with Crippen molar-refractivity contribution in [3.8, 4) is 0 Å². The highest BCUT2D eigenvalue weighted by Gasteiger charge is 2.55. The van der Waals surface area contributed by atoms with Crippen LogP contribution in [0.5, 0.6) is 0 Å². The standard InChI is InChI=1S/C28H49N4O6P/c1-8-37-39(7,36)18-25(33)32-24-17-30(21-11-13-29(14-12-21)20-9-10-20)26(34)22(16-28(4,5)6)31(24)27(35)23(38-32)15-19(2)3/h19-24H,8-18H2,1-7H3/t22-,23+,24-,39?/m0/s1. The van der Waals surface area contributed by atoms with Gasteiger partial charge in [0.1, 0.15) is 12.2 Å². The number of piperidine rings is 1. The van der Waals surface area contributed by atoms with Gasteiger partial charge in [0.2, 0.25) is 13.3 Å². The summed E-state index contributed by atoms with van der Waals surface area (Å²) < 4.78 is 18.4. The molecule has 4 aliphatic rings. The zero-order chi connectivity index (χ0) is 28.7. The molecular formula is C28H49N4O6P. The minimum atomic E-state index is -3.20. The zero-order valence-corrected chi connectivity index (χ0v) is 25.8. The first-order valence-corrected chi connectivity index (χ1v) is 17.0. The lowest BCUT2D eigenvalue weighted by Crippen LogP contribution is -2.75. The molecular weight excluding hydrogens is 519 g/mol. The number of fused-ring (bicyclic) bond motifs is 1. The third-order valence-electron chi connectivity index (χ3n) is 8.19. The van der Waals surface area contributed by atoms with Gasteiger partial charge in [0.05, 0.1) is 13.2 Å². The molecule has 1 aliphatic carbocycles. The van der Waals surface area contributed by atoms with E-state index < -0.39 is 31.6 Å². The zero-order valence-electron chi connectivity index (χ0n) is 24.9. The Labute approximate surface area is 234 Å². The molecule has 0 N–H and O–H groups in total. The Hall–Kier alpha value is -1.48. The highest BCUT2D eigenvalue weighted by molar-refractivity contribution is 7.59. The molecule has 4 fully saturated rings. The van der Waals surface area contributed by atoms with E-state index in [1.807, 2.05) is 18.7 Å². The van der Waals surface area contributed by atoms with Gasteiger partial charge in [-0.3, -0.25) is 23.8 Å². The number of amides is 3. The number of hydroxylamine groups is 2. The molecule has 3 amide bonds. The van der Waals surface area contributed by atoms with Crippen molar-refractivity contribution in [2.45, 2.75) is 110 Å². The first-order chi connectivity index (χ1) is 18.2. The fraction of sp³-hybridized carbons (Fsp3) is 0.893. The second kappa shape index (κ2) is 11.8. The van der Waals surface area contributed by atoms with Crippen molar-refractivity contribution in [2.75, 3.05) is 39.1 Å². The second-order valence-electron chi connectivity index (χ2n) is 13.5. The van der Waals surface area contributed by atoms with E-state index in [2.05, 4.69) is 25.7 Å². The summed E-state index contributed by atoms with van der Waals surface area (Å²) in [7, 11) is -3.20. The monoisotopic (exact) mass is 568 g/mol. The van der Waals surface area contributed by atoms with E-state index in [-0.39, 0.29) is 48.5 Å². The van der Waals surface area contributed by atoms with Gasteiger partial charge in [0, 0.05) is 31.8 Å². The van der Waals surface area contributed by atoms with Crippen molar-refractivity contribution in [3.63, 3.8) is 0 Å². The average Bonchev–Trinajstić information content (AvgIpc) is 3.66. The molecule has 10 nitrogen and oxygen atoms in total. The number of likely N-dealkylation sites (tertiary alicyclic amines) is 1. The maximum atomic E-state index is 14.2. The van der Waals surface area contributed by atoms with Gasteiger partial charge in [0.25, 0.3) is 11.8 Å². The molecule has 39 heavy (non-hydrogen) atoms. The van der Waals surface area contributed by atoms with Crippen LogP contribution in [0.25, 0.3) is 0 Å². The van der Waals surface area contributed by atoms with Gasteiger partial charge in [-0.15, -0.1) is 0 Å². The maximum Gasteiger partial charge on any atom is 0.257 e. The number of carbonyl (C=O) groups is 3. The fourth-order valence-electron chi connectivity index (χ4n) is 6.31. The molecule has 1 unspecified atom stereocenters. The van der Waals surface area contributed by atoms with Crippen LogP contribution in [-0.4, -0.2) is 107 Å². The van der Waals surface area contributed by atoms with Crippen molar-refractivity contribution in [1.29, 1.82) is 0 Å². The molecule has 0 aromatic rings. The van der Waals surface area contributed by atoms with Crippen LogP contribution < -0.4 is 0 Å². The summed E-state index contributed by atoms with van der Waals surface area (Å²) >= 11 is 0. The second-order valence-corrected chi connectivity index (χ2v) is 16.1. The lowest BCUT2D eigenvalue weighted by molar-refractivity contribution is -0.277. The summed E-state index contributed by atoms with van der Waals surface area (Å²) in [6, 6.07) is 0.0581. The molecule has 4 rings (SSSR count). The number of piperazine rings is 1. The Kier molecular flexibility index (Phi) is 9.21. The Morgan fingerprint density at radius 1 is 1.08 bits per heavy atom. The topological polar surface area (TPSA) is 99.7 Å². The normalized spacial score (nSPS) is 29.1. The largest absolute Gasteiger partial charge is 0.334 e. The van der Waals surface area contributed by atoms with Crippen molar-refractivity contribution in [2.24, 2.45) is 11.3 Å². The third-order valence-corrected chi connectivity index (χ3v) is 9.84. The highest BCUT2D eigenvalue weighted by Crippen LogP contribution is 2.44. The van der Waals surface area contributed by atoms with Gasteiger partial charge in [0.15, 0.2) is 12.3 Å². The Morgan fingerprint density at radius 2 is 1.72 bits per heavy atom. The average molecular weight is 569 g/mol. The summed E-state index contributed by atoms with van der Waals surface area (Å²) in [5.74, 6) is -0.610. The quantitative estimate of drug-likeness (QED) is 0.392. The van der Waals surface area contributed by atoms with Gasteiger partial charge in [-0.25, -0.2) is 0 Å². The summed E-state index contributed by atoms with van der Waals surface area (Å²) in [6.07, 6.45) is 3.22. The van der Waals surface area contributed by atoms with E-state index in [0.717, 1.165) is 25.9 Å². The SMILES string of the molecule is CCOP(C)(=O)CC(=O)N1O[C@H](CC(C)C)C(=O)N2[C@@H]1CN(C1CCN(C3CC3)CC1)C(=O)[C@@H]2CC(C)(C)C. The number of carbonyl (C=O) groups excluding carboxylic acids is 3. The summed E-state index contributed by atoms with van der Waals surface area (Å²) in [5, 5.41) is 1.26. The summed E-state index contributed by atoms with van der Waals surface area (Å²) in [6.45, 7) is 15.7. The Balaban J connectivity index is 1.66. The number of hydrogen-bond donors (Lipinski definition) is 0. The van der Waals surface area contributed by atoms with Crippen LogP contribution in [0.1, 0.15) is 80.1 Å². The predicted octanol–water partition coefficient (Wildman–Crippen LogP) is 3.55. The van der Waals surface area contributed by atoms with Crippen LogP contribution in [-0.2, 0) is 28.3 Å².